The predicted molar refractivity (Wildman–Crippen MR) is 66.0 cm³/mol. The second-order valence-corrected chi connectivity index (χ2v) is 4.60. The fourth-order valence-electron chi connectivity index (χ4n) is 1.66. The van der Waals surface area contributed by atoms with Crippen LogP contribution >= 0.6 is 0 Å². The molecule has 0 aliphatic rings. The Kier molecular flexibility index (Phi) is 4.11. The molecule has 0 aromatic heterocycles. The topological polar surface area (TPSA) is 37.3 Å². The van der Waals surface area contributed by atoms with Gasteiger partial charge in [0.25, 0.3) is 0 Å². The van der Waals surface area contributed by atoms with Crippen LogP contribution in [-0.4, -0.2) is 10.9 Å². The molecular formula is C14H20O2. The number of aromatic hydroxyl groups is 1. The van der Waals surface area contributed by atoms with Crippen molar-refractivity contribution in [3.8, 4) is 5.75 Å². The van der Waals surface area contributed by atoms with Crippen LogP contribution in [0.4, 0.5) is 0 Å². The number of Topliss-reactive ketones (excluding diaryl/α,β-unsaturated/α-hetero) is 1. The molecule has 0 heterocycles. The molecule has 16 heavy (non-hydrogen) atoms. The third kappa shape index (κ3) is 2.63. The van der Waals surface area contributed by atoms with Crippen molar-refractivity contribution in [1.82, 2.24) is 0 Å². The van der Waals surface area contributed by atoms with E-state index >= 15 is 0 Å². The molecule has 1 rings (SSSR count). The molecule has 0 bridgehead atoms. The van der Waals surface area contributed by atoms with Gasteiger partial charge in [0.1, 0.15) is 5.75 Å². The van der Waals surface area contributed by atoms with E-state index in [2.05, 4.69) is 13.8 Å². The molecule has 0 fully saturated rings. The Hall–Kier alpha value is -1.31. The number of hydrogen-bond donors (Lipinski definition) is 1. The normalized spacial score (nSPS) is 12.8. The van der Waals surface area contributed by atoms with Gasteiger partial charge in [-0.25, -0.2) is 0 Å². The SMILES string of the molecule is CCC(C)c1cc(C(=O)C(C)C)ccc1O. The molecule has 0 aliphatic carbocycles. The molecule has 1 unspecified atom stereocenters. The highest BCUT2D eigenvalue weighted by atomic mass is 16.3. The van der Waals surface area contributed by atoms with Gasteiger partial charge in [-0.2, -0.15) is 0 Å². The number of carbonyl (C=O) groups is 1. The summed E-state index contributed by atoms with van der Waals surface area (Å²) in [7, 11) is 0. The number of rotatable bonds is 4. The summed E-state index contributed by atoms with van der Waals surface area (Å²) in [5.41, 5.74) is 1.57. The lowest BCUT2D eigenvalue weighted by Crippen LogP contribution is -2.08. The van der Waals surface area contributed by atoms with Crippen molar-refractivity contribution in [2.75, 3.05) is 0 Å². The summed E-state index contributed by atoms with van der Waals surface area (Å²) in [5.74, 6) is 0.688. The van der Waals surface area contributed by atoms with E-state index in [4.69, 9.17) is 0 Å². The maximum atomic E-state index is 11.8. The van der Waals surface area contributed by atoms with Crippen LogP contribution in [0.3, 0.4) is 0 Å². The minimum absolute atomic E-state index is 0.00525. The summed E-state index contributed by atoms with van der Waals surface area (Å²) in [6, 6.07) is 5.15. The monoisotopic (exact) mass is 220 g/mol. The summed E-state index contributed by atoms with van der Waals surface area (Å²) in [5, 5.41) is 9.75. The van der Waals surface area contributed by atoms with Crippen molar-refractivity contribution < 1.29 is 9.90 Å². The number of carbonyl (C=O) groups excluding carboxylic acids is 1. The second-order valence-electron chi connectivity index (χ2n) is 4.60. The van der Waals surface area contributed by atoms with Crippen LogP contribution in [0, 0.1) is 5.92 Å². The van der Waals surface area contributed by atoms with Gasteiger partial charge in [-0.3, -0.25) is 4.79 Å². The molecule has 0 spiro atoms. The van der Waals surface area contributed by atoms with Crippen LogP contribution in [0.1, 0.15) is 56.0 Å². The maximum absolute atomic E-state index is 11.8. The zero-order valence-corrected chi connectivity index (χ0v) is 10.4. The molecule has 2 heteroatoms. The summed E-state index contributed by atoms with van der Waals surface area (Å²) < 4.78 is 0. The largest absolute Gasteiger partial charge is 0.508 e. The lowest BCUT2D eigenvalue weighted by molar-refractivity contribution is 0.0939. The van der Waals surface area contributed by atoms with Crippen LogP contribution in [0.25, 0.3) is 0 Å². The third-order valence-electron chi connectivity index (χ3n) is 2.98. The fourth-order valence-corrected chi connectivity index (χ4v) is 1.66. The number of phenolic OH excluding ortho intramolecular Hbond substituents is 1. The van der Waals surface area contributed by atoms with Crippen molar-refractivity contribution in [2.24, 2.45) is 5.92 Å². The fraction of sp³-hybridized carbons (Fsp3) is 0.500. The van der Waals surface area contributed by atoms with E-state index in [0.717, 1.165) is 12.0 Å². The highest BCUT2D eigenvalue weighted by Crippen LogP contribution is 2.29. The van der Waals surface area contributed by atoms with Gasteiger partial charge < -0.3 is 5.11 Å². The van der Waals surface area contributed by atoms with Gasteiger partial charge >= 0.3 is 0 Å². The molecule has 1 aromatic carbocycles. The Balaban J connectivity index is 3.12. The van der Waals surface area contributed by atoms with Crippen molar-refractivity contribution in [1.29, 1.82) is 0 Å². The molecule has 0 saturated heterocycles. The minimum atomic E-state index is -0.00525. The van der Waals surface area contributed by atoms with E-state index in [9.17, 15) is 9.90 Å². The van der Waals surface area contributed by atoms with Gasteiger partial charge in [-0.1, -0.05) is 27.7 Å². The summed E-state index contributed by atoms with van der Waals surface area (Å²) in [4.78, 5) is 11.8. The average Bonchev–Trinajstić information content (AvgIpc) is 2.27. The molecule has 1 N–H and O–H groups in total. The van der Waals surface area contributed by atoms with E-state index in [1.165, 1.54) is 0 Å². The van der Waals surface area contributed by atoms with Gasteiger partial charge in [-0.05, 0) is 36.1 Å². The van der Waals surface area contributed by atoms with Crippen LogP contribution in [0.2, 0.25) is 0 Å². The highest BCUT2D eigenvalue weighted by Gasteiger charge is 2.15. The van der Waals surface area contributed by atoms with E-state index < -0.39 is 0 Å². The van der Waals surface area contributed by atoms with E-state index in [0.29, 0.717) is 5.56 Å². The molecule has 0 saturated carbocycles. The van der Waals surface area contributed by atoms with E-state index in [1.807, 2.05) is 19.9 Å². The lowest BCUT2D eigenvalue weighted by Gasteiger charge is -2.13. The Morgan fingerprint density at radius 2 is 1.94 bits per heavy atom. The summed E-state index contributed by atoms with van der Waals surface area (Å²) >= 11 is 0. The highest BCUT2D eigenvalue weighted by molar-refractivity contribution is 5.97. The van der Waals surface area contributed by atoms with Gasteiger partial charge in [0.2, 0.25) is 0 Å². The van der Waals surface area contributed by atoms with Gasteiger partial charge in [0, 0.05) is 11.5 Å². The molecule has 0 radical (unpaired) electrons. The van der Waals surface area contributed by atoms with Crippen LogP contribution < -0.4 is 0 Å². The minimum Gasteiger partial charge on any atom is -0.508 e. The van der Waals surface area contributed by atoms with Gasteiger partial charge in [0.15, 0.2) is 5.78 Å². The first kappa shape index (κ1) is 12.8. The van der Waals surface area contributed by atoms with Gasteiger partial charge in [-0.15, -0.1) is 0 Å². The molecule has 0 aliphatic heterocycles. The van der Waals surface area contributed by atoms with Crippen LogP contribution in [0.5, 0.6) is 5.75 Å². The Morgan fingerprint density at radius 3 is 2.44 bits per heavy atom. The Labute approximate surface area is 97.3 Å². The number of hydrogen-bond acceptors (Lipinski definition) is 2. The van der Waals surface area contributed by atoms with Crippen molar-refractivity contribution in [3.63, 3.8) is 0 Å². The standard InChI is InChI=1S/C14H20O2/c1-5-10(4)12-8-11(6-7-13(12)15)14(16)9(2)3/h6-10,15H,5H2,1-4H3. The van der Waals surface area contributed by atoms with Crippen LogP contribution in [-0.2, 0) is 0 Å². The predicted octanol–water partition coefficient (Wildman–Crippen LogP) is 3.74. The Morgan fingerprint density at radius 1 is 1.31 bits per heavy atom. The molecular weight excluding hydrogens is 200 g/mol. The first-order valence-electron chi connectivity index (χ1n) is 5.84. The number of benzene rings is 1. The maximum Gasteiger partial charge on any atom is 0.165 e. The van der Waals surface area contributed by atoms with Gasteiger partial charge in [0.05, 0.1) is 0 Å². The smallest absolute Gasteiger partial charge is 0.165 e. The molecule has 1 atom stereocenters. The van der Waals surface area contributed by atoms with Crippen LogP contribution in [0.15, 0.2) is 18.2 Å². The number of phenols is 1. The summed E-state index contributed by atoms with van der Waals surface area (Å²) in [6.07, 6.45) is 0.951. The number of ketones is 1. The van der Waals surface area contributed by atoms with E-state index in [-0.39, 0.29) is 23.4 Å². The first-order chi connectivity index (χ1) is 7.47. The molecule has 1 aromatic rings. The van der Waals surface area contributed by atoms with Crippen molar-refractivity contribution >= 4 is 5.78 Å². The third-order valence-corrected chi connectivity index (χ3v) is 2.98. The van der Waals surface area contributed by atoms with Crippen molar-refractivity contribution in [2.45, 2.75) is 40.0 Å². The molecule has 2 nitrogen and oxygen atoms in total. The zero-order valence-electron chi connectivity index (χ0n) is 10.4. The molecule has 88 valence electrons. The molecule has 0 amide bonds. The Bertz CT molecular complexity index is 380. The first-order valence-corrected chi connectivity index (χ1v) is 5.84. The quantitative estimate of drug-likeness (QED) is 0.785. The zero-order chi connectivity index (χ0) is 12.3. The van der Waals surface area contributed by atoms with E-state index in [1.54, 1.807) is 12.1 Å². The van der Waals surface area contributed by atoms with Crippen molar-refractivity contribution in [3.05, 3.63) is 29.3 Å². The summed E-state index contributed by atoms with van der Waals surface area (Å²) in [6.45, 7) is 7.90. The lowest BCUT2D eigenvalue weighted by atomic mass is 9.92. The second kappa shape index (κ2) is 5.15. The average molecular weight is 220 g/mol.